The summed E-state index contributed by atoms with van der Waals surface area (Å²) in [6.07, 6.45) is 4.97. The van der Waals surface area contributed by atoms with Crippen molar-refractivity contribution in [3.63, 3.8) is 0 Å². The van der Waals surface area contributed by atoms with Gasteiger partial charge in [0.1, 0.15) is 6.61 Å². The average Bonchev–Trinajstić information content (AvgIpc) is 2.82. The van der Waals surface area contributed by atoms with E-state index in [1.54, 1.807) is 6.07 Å². The van der Waals surface area contributed by atoms with Gasteiger partial charge in [0.25, 0.3) is 5.88 Å². The maximum absolute atomic E-state index is 6.02. The Morgan fingerprint density at radius 3 is 2.55 bits per heavy atom. The summed E-state index contributed by atoms with van der Waals surface area (Å²) in [7, 11) is 0. The van der Waals surface area contributed by atoms with Crippen LogP contribution in [-0.2, 0) is 6.61 Å². The molecule has 2 heterocycles. The molecule has 1 aliphatic heterocycles. The molecule has 1 fully saturated rings. The van der Waals surface area contributed by atoms with Crippen LogP contribution in [-0.4, -0.2) is 21.8 Å². The van der Waals surface area contributed by atoms with Crippen molar-refractivity contribution in [2.45, 2.75) is 32.3 Å². The molecular weight excluding hydrogens is 341 g/mol. The van der Waals surface area contributed by atoms with Crippen molar-refractivity contribution in [1.82, 2.24) is 8.75 Å². The van der Waals surface area contributed by atoms with E-state index < -0.39 is 0 Å². The lowest BCUT2D eigenvalue weighted by molar-refractivity contribution is 0.297. The van der Waals surface area contributed by atoms with Gasteiger partial charge in [-0.05, 0) is 30.5 Å². The number of aromatic nitrogens is 2. The maximum atomic E-state index is 6.02. The van der Waals surface area contributed by atoms with Crippen molar-refractivity contribution in [3.05, 3.63) is 33.8 Å². The Balaban J connectivity index is 1.67. The topological polar surface area (TPSA) is 38.3 Å². The summed E-state index contributed by atoms with van der Waals surface area (Å²) in [5.74, 6) is 1.48. The van der Waals surface area contributed by atoms with Crippen LogP contribution in [0.2, 0.25) is 10.0 Å². The van der Waals surface area contributed by atoms with E-state index in [4.69, 9.17) is 27.9 Å². The van der Waals surface area contributed by atoms with E-state index in [0.29, 0.717) is 22.5 Å². The highest BCUT2D eigenvalue weighted by Crippen LogP contribution is 2.29. The Morgan fingerprint density at radius 1 is 1.05 bits per heavy atom. The van der Waals surface area contributed by atoms with E-state index >= 15 is 0 Å². The summed E-state index contributed by atoms with van der Waals surface area (Å²) in [4.78, 5) is 2.28. The van der Waals surface area contributed by atoms with E-state index in [1.165, 1.54) is 37.4 Å². The fourth-order valence-electron chi connectivity index (χ4n) is 2.52. The molecule has 118 valence electrons. The molecule has 0 aliphatic carbocycles. The number of rotatable bonds is 4. The van der Waals surface area contributed by atoms with Gasteiger partial charge in [-0.1, -0.05) is 42.1 Å². The van der Waals surface area contributed by atoms with Crippen LogP contribution < -0.4 is 9.64 Å². The summed E-state index contributed by atoms with van der Waals surface area (Å²) < 4.78 is 14.5. The normalized spacial score (nSPS) is 15.6. The molecule has 0 saturated carbocycles. The lowest BCUT2D eigenvalue weighted by atomic mass is 10.2. The molecular formula is C15H17Cl2N3OS. The molecule has 0 atom stereocenters. The van der Waals surface area contributed by atoms with Crippen LogP contribution in [0.1, 0.15) is 31.2 Å². The molecule has 7 heteroatoms. The molecule has 2 aromatic rings. The van der Waals surface area contributed by atoms with Crippen LogP contribution in [0.5, 0.6) is 5.88 Å². The van der Waals surface area contributed by atoms with Gasteiger partial charge >= 0.3 is 0 Å². The molecule has 0 amide bonds. The molecule has 1 saturated heterocycles. The van der Waals surface area contributed by atoms with Crippen LogP contribution in [0.4, 0.5) is 5.82 Å². The van der Waals surface area contributed by atoms with E-state index in [0.717, 1.165) is 24.5 Å². The summed E-state index contributed by atoms with van der Waals surface area (Å²) in [6, 6.07) is 5.49. The molecule has 1 aromatic heterocycles. The maximum Gasteiger partial charge on any atom is 0.271 e. The summed E-state index contributed by atoms with van der Waals surface area (Å²) >= 11 is 13.1. The quantitative estimate of drug-likeness (QED) is 0.787. The fraction of sp³-hybridized carbons (Fsp3) is 0.467. The minimum atomic E-state index is 0.406. The second-order valence-corrected chi connectivity index (χ2v) is 6.67. The second kappa shape index (κ2) is 7.49. The molecule has 3 rings (SSSR count). The molecule has 0 radical (unpaired) electrons. The highest BCUT2D eigenvalue weighted by Gasteiger charge is 2.18. The van der Waals surface area contributed by atoms with E-state index in [-0.39, 0.29) is 0 Å². The third-order valence-corrected chi connectivity index (χ3v) is 4.95. The highest BCUT2D eigenvalue weighted by molar-refractivity contribution is 6.99. The summed E-state index contributed by atoms with van der Waals surface area (Å²) in [5, 5.41) is 1.08. The first-order chi connectivity index (χ1) is 10.7. The van der Waals surface area contributed by atoms with Crippen molar-refractivity contribution < 1.29 is 4.74 Å². The third-order valence-electron chi connectivity index (χ3n) is 3.71. The van der Waals surface area contributed by atoms with Crippen molar-refractivity contribution in [3.8, 4) is 5.88 Å². The smallest absolute Gasteiger partial charge is 0.271 e. The van der Waals surface area contributed by atoms with Crippen molar-refractivity contribution in [2.24, 2.45) is 0 Å². The monoisotopic (exact) mass is 357 g/mol. The van der Waals surface area contributed by atoms with Crippen molar-refractivity contribution in [2.75, 3.05) is 18.0 Å². The first-order valence-corrected chi connectivity index (χ1v) is 8.87. The number of nitrogens with zero attached hydrogens (tertiary/aromatic N) is 3. The largest absolute Gasteiger partial charge is 0.470 e. The molecule has 0 unspecified atom stereocenters. The van der Waals surface area contributed by atoms with Gasteiger partial charge in [0, 0.05) is 13.1 Å². The minimum Gasteiger partial charge on any atom is -0.470 e. The Kier molecular flexibility index (Phi) is 5.39. The molecule has 0 bridgehead atoms. The number of halogens is 2. The van der Waals surface area contributed by atoms with Gasteiger partial charge in [0.15, 0.2) is 0 Å². The zero-order chi connectivity index (χ0) is 15.4. The number of benzene rings is 1. The zero-order valence-corrected chi connectivity index (χ0v) is 14.4. The number of ether oxygens (including phenoxy) is 1. The van der Waals surface area contributed by atoms with Gasteiger partial charge in [-0.15, -0.1) is 4.37 Å². The number of hydrogen-bond donors (Lipinski definition) is 0. The van der Waals surface area contributed by atoms with Crippen molar-refractivity contribution in [1.29, 1.82) is 0 Å². The summed E-state index contributed by atoms with van der Waals surface area (Å²) in [5.41, 5.74) is 0.962. The van der Waals surface area contributed by atoms with Gasteiger partial charge < -0.3 is 9.64 Å². The summed E-state index contributed by atoms with van der Waals surface area (Å²) in [6.45, 7) is 2.45. The molecule has 22 heavy (non-hydrogen) atoms. The van der Waals surface area contributed by atoms with Crippen LogP contribution >= 0.6 is 34.9 Å². The SMILES string of the molecule is Clc1ccc(COc2nsnc2N2CCCCCC2)cc1Cl. The van der Waals surface area contributed by atoms with E-state index in [1.807, 2.05) is 12.1 Å². The lowest BCUT2D eigenvalue weighted by Gasteiger charge is -2.20. The average molecular weight is 358 g/mol. The first kappa shape index (κ1) is 15.8. The van der Waals surface area contributed by atoms with Gasteiger partial charge in [-0.2, -0.15) is 4.37 Å². The van der Waals surface area contributed by atoms with Crippen LogP contribution in [0.3, 0.4) is 0 Å². The van der Waals surface area contributed by atoms with Gasteiger partial charge in [0.05, 0.1) is 21.8 Å². The van der Waals surface area contributed by atoms with Gasteiger partial charge in [-0.3, -0.25) is 0 Å². The zero-order valence-electron chi connectivity index (χ0n) is 12.1. The van der Waals surface area contributed by atoms with Crippen LogP contribution in [0, 0.1) is 0 Å². The predicted octanol–water partition coefficient (Wildman–Crippen LogP) is 4.80. The Labute approximate surface area is 144 Å². The van der Waals surface area contributed by atoms with Crippen molar-refractivity contribution >= 4 is 40.7 Å². The van der Waals surface area contributed by atoms with Crippen LogP contribution in [0.15, 0.2) is 18.2 Å². The third kappa shape index (κ3) is 3.83. The Morgan fingerprint density at radius 2 is 1.82 bits per heavy atom. The van der Waals surface area contributed by atoms with E-state index in [9.17, 15) is 0 Å². The Bertz CT molecular complexity index is 627. The second-order valence-electron chi connectivity index (χ2n) is 5.33. The molecule has 1 aromatic carbocycles. The highest BCUT2D eigenvalue weighted by atomic mass is 35.5. The Hall–Kier alpha value is -1.04. The molecule has 1 aliphatic rings. The lowest BCUT2D eigenvalue weighted by Crippen LogP contribution is -2.24. The fourth-order valence-corrected chi connectivity index (χ4v) is 3.36. The van der Waals surface area contributed by atoms with Gasteiger partial charge in [-0.25, -0.2) is 0 Å². The standard InChI is InChI=1S/C15H17Cl2N3OS/c16-12-6-5-11(9-13(12)17)10-21-15-14(18-22-19-15)20-7-3-1-2-4-8-20/h5-6,9H,1-4,7-8,10H2. The minimum absolute atomic E-state index is 0.406. The predicted molar refractivity (Wildman–Crippen MR) is 91.4 cm³/mol. The van der Waals surface area contributed by atoms with E-state index in [2.05, 4.69) is 13.6 Å². The molecule has 4 nitrogen and oxygen atoms in total. The molecule has 0 N–H and O–H groups in total. The van der Waals surface area contributed by atoms with Crippen LogP contribution in [0.25, 0.3) is 0 Å². The van der Waals surface area contributed by atoms with Gasteiger partial charge in [0.2, 0.25) is 5.82 Å². The molecule has 0 spiro atoms. The number of anilines is 1. The first-order valence-electron chi connectivity index (χ1n) is 7.38. The number of hydrogen-bond acceptors (Lipinski definition) is 5.